The largest absolute Gasteiger partial charge is 0.477 e. The summed E-state index contributed by atoms with van der Waals surface area (Å²) in [7, 11) is 0. The molecule has 2 aliphatic heterocycles. The van der Waals surface area contributed by atoms with Crippen molar-refractivity contribution >= 4 is 81.8 Å². The van der Waals surface area contributed by atoms with Gasteiger partial charge in [-0.05, 0) is 33.3 Å². The predicted molar refractivity (Wildman–Crippen MR) is 149 cm³/mol. The molecule has 2 atom stereocenters. The van der Waals surface area contributed by atoms with Gasteiger partial charge < -0.3 is 20.5 Å². The summed E-state index contributed by atoms with van der Waals surface area (Å²) in [5.41, 5.74) is -0.0113. The second kappa shape index (κ2) is 12.4. The van der Waals surface area contributed by atoms with Gasteiger partial charge in [0.25, 0.3) is 5.91 Å². The molecular weight excluding hydrogens is 607 g/mol. The van der Waals surface area contributed by atoms with E-state index in [1.165, 1.54) is 51.1 Å². The lowest BCUT2D eigenvalue weighted by atomic mass is 10.0. The van der Waals surface area contributed by atoms with E-state index in [0.717, 1.165) is 21.1 Å². The Balaban J connectivity index is 1.26. The van der Waals surface area contributed by atoms with Gasteiger partial charge in [-0.1, -0.05) is 46.2 Å². The van der Waals surface area contributed by atoms with E-state index >= 15 is 0 Å². The van der Waals surface area contributed by atoms with Crippen LogP contribution in [0.3, 0.4) is 0 Å². The Bertz CT molecular complexity index is 1310. The van der Waals surface area contributed by atoms with Crippen molar-refractivity contribution in [1.29, 1.82) is 0 Å². The Morgan fingerprint density at radius 3 is 2.51 bits per heavy atom. The minimum atomic E-state index is -1.17. The maximum atomic E-state index is 12.9. The molecule has 2 aromatic rings. The number of carbonyl (C=O) groups is 4. The smallest absolute Gasteiger partial charge is 0.408 e. The van der Waals surface area contributed by atoms with Crippen molar-refractivity contribution in [2.24, 2.45) is 0 Å². The molecule has 39 heavy (non-hydrogen) atoms. The van der Waals surface area contributed by atoms with Crippen LogP contribution in [-0.4, -0.2) is 88.6 Å². The molecule has 0 saturated carbocycles. The van der Waals surface area contributed by atoms with Crippen molar-refractivity contribution in [3.63, 3.8) is 0 Å². The Morgan fingerprint density at radius 2 is 1.85 bits per heavy atom. The number of β-lactam (4-membered cyclic amide) rings is 1. The van der Waals surface area contributed by atoms with Gasteiger partial charge in [-0.2, -0.15) is 0 Å². The second-order valence-corrected chi connectivity index (χ2v) is 15.0. The van der Waals surface area contributed by atoms with Crippen molar-refractivity contribution in [3.05, 3.63) is 21.3 Å². The molecular formula is C21H25N7O6S5. The SMILES string of the molecule is Cc1nnc(SCC2=C(C(=O)O)N3C(=O)C(NC(=O)CSc4nnc(CNC(=O)OC(C)(C)C)s4)[C@@H]3SC2)s1. The quantitative estimate of drug-likeness (QED) is 0.257. The van der Waals surface area contributed by atoms with Gasteiger partial charge in [0, 0.05) is 11.5 Å². The van der Waals surface area contributed by atoms with Crippen LogP contribution < -0.4 is 10.6 Å². The highest BCUT2D eigenvalue weighted by atomic mass is 32.2. The average Bonchev–Trinajstić information content (AvgIpc) is 3.50. The van der Waals surface area contributed by atoms with Crippen LogP contribution in [-0.2, 0) is 25.7 Å². The summed E-state index contributed by atoms with van der Waals surface area (Å²) in [5.74, 6) is -1.21. The highest BCUT2D eigenvalue weighted by Crippen LogP contribution is 2.41. The molecule has 2 aliphatic rings. The third kappa shape index (κ3) is 7.62. The summed E-state index contributed by atoms with van der Waals surface area (Å²) < 4.78 is 6.44. The second-order valence-electron chi connectivity index (χ2n) is 9.19. The minimum absolute atomic E-state index is 0.0000767. The van der Waals surface area contributed by atoms with Crippen LogP contribution >= 0.6 is 58.0 Å². The number of rotatable bonds is 10. The number of fused-ring (bicyclic) bond motifs is 1. The van der Waals surface area contributed by atoms with Crippen LogP contribution in [0.2, 0.25) is 0 Å². The number of aryl methyl sites for hydroxylation is 1. The predicted octanol–water partition coefficient (Wildman–Crippen LogP) is 2.35. The van der Waals surface area contributed by atoms with Gasteiger partial charge in [0.2, 0.25) is 5.91 Å². The summed E-state index contributed by atoms with van der Waals surface area (Å²) in [6, 6.07) is -0.805. The number of carboxylic acid groups (broad SMARTS) is 1. The van der Waals surface area contributed by atoms with Gasteiger partial charge in [0.15, 0.2) is 8.68 Å². The summed E-state index contributed by atoms with van der Waals surface area (Å²) in [6.45, 7) is 7.28. The Morgan fingerprint density at radius 1 is 1.13 bits per heavy atom. The summed E-state index contributed by atoms with van der Waals surface area (Å²) >= 11 is 6.61. The lowest BCUT2D eigenvalue weighted by Crippen LogP contribution is -2.70. The summed E-state index contributed by atoms with van der Waals surface area (Å²) in [6.07, 6.45) is -0.565. The van der Waals surface area contributed by atoms with E-state index in [-0.39, 0.29) is 23.9 Å². The first kappa shape index (κ1) is 29.6. The zero-order chi connectivity index (χ0) is 28.3. The normalized spacial score (nSPS) is 18.9. The van der Waals surface area contributed by atoms with Crippen LogP contribution in [0.5, 0.6) is 0 Å². The fourth-order valence-corrected chi connectivity index (χ4v) is 8.40. The first-order valence-corrected chi connectivity index (χ1v) is 16.1. The first-order chi connectivity index (χ1) is 18.4. The van der Waals surface area contributed by atoms with Gasteiger partial charge in [-0.15, -0.1) is 32.2 Å². The van der Waals surface area contributed by atoms with Crippen LogP contribution in [0.15, 0.2) is 19.9 Å². The number of aliphatic carboxylic acids is 1. The number of nitrogens with zero attached hydrogens (tertiary/aromatic N) is 5. The summed E-state index contributed by atoms with van der Waals surface area (Å²) in [4.78, 5) is 50.5. The van der Waals surface area contributed by atoms with Gasteiger partial charge in [-0.3, -0.25) is 14.5 Å². The number of ether oxygens (including phenoxy) is 1. The van der Waals surface area contributed by atoms with Crippen LogP contribution in [0.1, 0.15) is 30.8 Å². The van der Waals surface area contributed by atoms with E-state index < -0.39 is 35.0 Å². The lowest BCUT2D eigenvalue weighted by Gasteiger charge is -2.49. The molecule has 1 fully saturated rings. The number of carboxylic acids is 1. The van der Waals surface area contributed by atoms with Gasteiger partial charge >= 0.3 is 12.1 Å². The van der Waals surface area contributed by atoms with E-state index in [2.05, 4.69) is 31.0 Å². The van der Waals surface area contributed by atoms with Crippen molar-refractivity contribution in [1.82, 2.24) is 35.9 Å². The van der Waals surface area contributed by atoms with Crippen molar-refractivity contribution in [2.75, 3.05) is 17.3 Å². The Kier molecular flexibility index (Phi) is 9.41. The summed E-state index contributed by atoms with van der Waals surface area (Å²) in [5, 5.41) is 32.0. The molecule has 2 aromatic heterocycles. The van der Waals surface area contributed by atoms with Gasteiger partial charge in [0.05, 0.1) is 12.3 Å². The number of alkyl carbamates (subject to hydrolysis) is 1. The standard InChI is InChI=1S/C21H25N7O6S5/c1-9-24-26-19(38-9)36-7-10-6-35-16-13(15(30)28(16)14(10)17(31)32)23-11(29)8-37-20-27-25-12(39-20)5-22-18(33)34-21(2,3)4/h13,16H,5-8H2,1-4H3,(H,22,33)(H,23,29)(H,31,32)/t13?,16-/m0/s1. The van der Waals surface area contributed by atoms with Crippen molar-refractivity contribution < 1.29 is 29.0 Å². The molecule has 3 amide bonds. The van der Waals surface area contributed by atoms with E-state index in [1.54, 1.807) is 20.8 Å². The molecule has 0 radical (unpaired) electrons. The van der Waals surface area contributed by atoms with E-state index in [0.29, 0.717) is 26.4 Å². The number of nitrogens with one attached hydrogen (secondary N) is 2. The van der Waals surface area contributed by atoms with E-state index in [9.17, 15) is 24.3 Å². The topological polar surface area (TPSA) is 177 Å². The molecule has 0 bridgehead atoms. The van der Waals surface area contributed by atoms with Crippen LogP contribution in [0.25, 0.3) is 0 Å². The van der Waals surface area contributed by atoms with Gasteiger partial charge in [-0.25, -0.2) is 9.59 Å². The fourth-order valence-electron chi connectivity index (χ4n) is 3.45. The zero-order valence-corrected chi connectivity index (χ0v) is 25.3. The maximum absolute atomic E-state index is 12.9. The van der Waals surface area contributed by atoms with Crippen LogP contribution in [0, 0.1) is 6.92 Å². The number of carbonyl (C=O) groups excluding carboxylic acids is 3. The molecule has 4 rings (SSSR count). The first-order valence-electron chi connectivity index (χ1n) is 11.5. The minimum Gasteiger partial charge on any atom is -0.477 e. The molecule has 18 heteroatoms. The zero-order valence-electron chi connectivity index (χ0n) is 21.2. The number of amides is 3. The average molecular weight is 632 g/mol. The molecule has 1 unspecified atom stereocenters. The Hall–Kier alpha value is -2.41. The monoisotopic (exact) mass is 631 g/mol. The van der Waals surface area contributed by atoms with Crippen LogP contribution in [0.4, 0.5) is 4.79 Å². The van der Waals surface area contributed by atoms with Crippen molar-refractivity contribution in [2.45, 2.75) is 59.9 Å². The molecule has 3 N–H and O–H groups in total. The van der Waals surface area contributed by atoms with Gasteiger partial charge in [0.1, 0.15) is 32.7 Å². The number of hydrogen-bond donors (Lipinski definition) is 3. The van der Waals surface area contributed by atoms with E-state index in [4.69, 9.17) is 4.74 Å². The highest BCUT2D eigenvalue weighted by Gasteiger charge is 2.54. The third-order valence-corrected chi connectivity index (χ3v) is 10.5. The third-order valence-electron chi connectivity index (χ3n) is 5.00. The highest BCUT2D eigenvalue weighted by molar-refractivity contribution is 8.02. The molecule has 210 valence electrons. The molecule has 13 nitrogen and oxygen atoms in total. The fraction of sp³-hybridized carbons (Fsp3) is 0.524. The number of aromatic nitrogens is 4. The molecule has 1 saturated heterocycles. The Labute approximate surface area is 244 Å². The van der Waals surface area contributed by atoms with Crippen molar-refractivity contribution in [3.8, 4) is 0 Å². The lowest BCUT2D eigenvalue weighted by molar-refractivity contribution is -0.150. The number of thioether (sulfide) groups is 3. The molecule has 4 heterocycles. The maximum Gasteiger partial charge on any atom is 0.408 e. The molecule has 0 spiro atoms. The molecule has 0 aromatic carbocycles. The van der Waals surface area contributed by atoms with E-state index in [1.807, 2.05) is 6.92 Å². The molecule has 0 aliphatic carbocycles. The number of hydrogen-bond acceptors (Lipinski definition) is 14.